The molecule has 1 saturated carbocycles. The summed E-state index contributed by atoms with van der Waals surface area (Å²) < 4.78 is 4.69. The van der Waals surface area contributed by atoms with Gasteiger partial charge in [0.15, 0.2) is 0 Å². The molecular formula is C16H30BO2Si. The summed E-state index contributed by atoms with van der Waals surface area (Å²) in [6, 6.07) is 0. The van der Waals surface area contributed by atoms with E-state index in [1.54, 1.807) is 5.10 Å². The van der Waals surface area contributed by atoms with Gasteiger partial charge in [-0.15, -0.1) is 5.10 Å². The molecule has 0 unspecified atom stereocenters. The molecule has 0 spiro atoms. The molecule has 20 heavy (non-hydrogen) atoms. The van der Waals surface area contributed by atoms with Crippen molar-refractivity contribution >= 4 is 21.3 Å². The number of esters is 1. The maximum absolute atomic E-state index is 11.1. The quantitative estimate of drug-likeness (QED) is 0.391. The molecule has 0 aliphatic heterocycles. The van der Waals surface area contributed by atoms with Crippen LogP contribution in [0.2, 0.25) is 25.5 Å². The molecule has 1 rings (SSSR count). The fraction of sp³-hybridized carbons (Fsp3) is 0.812. The topological polar surface area (TPSA) is 26.3 Å². The first-order chi connectivity index (χ1) is 9.43. The Morgan fingerprint density at radius 1 is 1.25 bits per heavy atom. The lowest BCUT2D eigenvalue weighted by atomic mass is 9.58. The summed E-state index contributed by atoms with van der Waals surface area (Å²) in [7, 11) is 2.75. The first kappa shape index (κ1) is 17.5. The van der Waals surface area contributed by atoms with Gasteiger partial charge in [-0.2, -0.15) is 0 Å². The maximum Gasteiger partial charge on any atom is 0.305 e. The van der Waals surface area contributed by atoms with Crippen molar-refractivity contribution in [2.45, 2.75) is 76.8 Å². The van der Waals surface area contributed by atoms with Crippen LogP contribution in [0.5, 0.6) is 0 Å². The Hall–Kier alpha value is -0.508. The number of unbranched alkanes of at least 4 members (excludes halogenated alkanes) is 1. The molecule has 0 amide bonds. The highest BCUT2D eigenvalue weighted by Crippen LogP contribution is 2.31. The molecule has 0 atom stereocenters. The van der Waals surface area contributed by atoms with Gasteiger partial charge >= 0.3 is 5.97 Å². The predicted molar refractivity (Wildman–Crippen MR) is 89.9 cm³/mol. The average molecular weight is 293 g/mol. The Balaban J connectivity index is 2.48. The second kappa shape index (κ2) is 8.71. The Morgan fingerprint density at radius 2 is 1.90 bits per heavy atom. The lowest BCUT2D eigenvalue weighted by Gasteiger charge is -2.27. The standard InChI is InChI=1S/C16H30BO2Si/c1-19-16(18)13-9-8-12-15(20(2,3)4)17-14-10-6-5-7-11-14/h12,14H,5-11,13H2,1-4H3/b15-12-. The fourth-order valence-electron chi connectivity index (χ4n) is 2.79. The van der Waals surface area contributed by atoms with Gasteiger partial charge in [0.25, 0.3) is 0 Å². The highest BCUT2D eigenvalue weighted by atomic mass is 28.3. The molecule has 1 fully saturated rings. The van der Waals surface area contributed by atoms with Gasteiger partial charge in [0.2, 0.25) is 0 Å². The van der Waals surface area contributed by atoms with Crippen LogP contribution in [0, 0.1) is 0 Å². The van der Waals surface area contributed by atoms with Gasteiger partial charge in [0, 0.05) is 6.42 Å². The summed E-state index contributed by atoms with van der Waals surface area (Å²) in [5.74, 6) is 0.701. The van der Waals surface area contributed by atoms with Crippen LogP contribution in [-0.4, -0.2) is 28.4 Å². The molecule has 1 radical (unpaired) electrons. The maximum atomic E-state index is 11.1. The Morgan fingerprint density at radius 3 is 2.45 bits per heavy atom. The van der Waals surface area contributed by atoms with Crippen LogP contribution in [0.25, 0.3) is 0 Å². The van der Waals surface area contributed by atoms with Crippen molar-refractivity contribution in [3.8, 4) is 0 Å². The van der Waals surface area contributed by atoms with Crippen LogP contribution < -0.4 is 0 Å². The Kier molecular flexibility index (Phi) is 7.64. The molecule has 2 nitrogen and oxygen atoms in total. The first-order valence-electron chi connectivity index (χ1n) is 8.06. The van der Waals surface area contributed by atoms with Gasteiger partial charge in [-0.25, -0.2) is 0 Å². The van der Waals surface area contributed by atoms with Crippen molar-refractivity contribution in [3.63, 3.8) is 0 Å². The van der Waals surface area contributed by atoms with Gasteiger partial charge in [0.1, 0.15) is 7.28 Å². The molecule has 0 N–H and O–H groups in total. The van der Waals surface area contributed by atoms with Crippen LogP contribution >= 0.6 is 0 Å². The Labute approximate surface area is 126 Å². The number of hydrogen-bond acceptors (Lipinski definition) is 2. The van der Waals surface area contributed by atoms with Crippen molar-refractivity contribution in [1.82, 2.24) is 0 Å². The van der Waals surface area contributed by atoms with Crippen molar-refractivity contribution in [2.24, 2.45) is 0 Å². The number of allylic oxidation sites excluding steroid dienone is 1. The van der Waals surface area contributed by atoms with Gasteiger partial charge in [-0.3, -0.25) is 4.79 Å². The van der Waals surface area contributed by atoms with Crippen molar-refractivity contribution < 1.29 is 9.53 Å². The van der Waals surface area contributed by atoms with Gasteiger partial charge in [-0.1, -0.05) is 63.6 Å². The molecular weight excluding hydrogens is 263 g/mol. The molecule has 1 aliphatic carbocycles. The molecule has 1 aliphatic rings. The number of carbonyl (C=O) groups is 1. The fourth-order valence-corrected chi connectivity index (χ4v) is 4.28. The van der Waals surface area contributed by atoms with E-state index >= 15 is 0 Å². The zero-order valence-electron chi connectivity index (χ0n) is 13.7. The molecule has 0 aromatic carbocycles. The highest BCUT2D eigenvalue weighted by molar-refractivity contribution is 6.93. The third-order valence-corrected chi connectivity index (χ3v) is 6.21. The average Bonchev–Trinajstić information content (AvgIpc) is 2.41. The smallest absolute Gasteiger partial charge is 0.305 e. The number of carbonyl (C=O) groups excluding carboxylic acids is 1. The minimum absolute atomic E-state index is 0.0933. The van der Waals surface area contributed by atoms with Crippen LogP contribution in [-0.2, 0) is 9.53 Å². The van der Waals surface area contributed by atoms with E-state index < -0.39 is 8.07 Å². The predicted octanol–water partition coefficient (Wildman–Crippen LogP) is 4.55. The minimum Gasteiger partial charge on any atom is -0.469 e. The number of ether oxygens (including phenoxy) is 1. The summed E-state index contributed by atoms with van der Waals surface area (Å²) in [5, 5.41) is 1.59. The van der Waals surface area contributed by atoms with E-state index in [9.17, 15) is 4.79 Å². The zero-order valence-corrected chi connectivity index (χ0v) is 14.7. The second-order valence-electron chi connectivity index (χ2n) is 6.94. The van der Waals surface area contributed by atoms with Gasteiger partial charge in [0.05, 0.1) is 15.2 Å². The normalized spacial score (nSPS) is 17.9. The SMILES string of the molecule is COC(=O)CCC/C=C(/[B]C1CCCCC1)[Si](C)(C)C. The molecule has 0 aromatic heterocycles. The monoisotopic (exact) mass is 293 g/mol. The van der Waals surface area contributed by atoms with Crippen molar-refractivity contribution in [2.75, 3.05) is 7.11 Å². The van der Waals surface area contributed by atoms with E-state index in [1.807, 2.05) is 0 Å². The lowest BCUT2D eigenvalue weighted by Crippen LogP contribution is -2.30. The molecule has 0 aromatic rings. The molecule has 0 saturated heterocycles. The summed E-state index contributed by atoms with van der Waals surface area (Å²) in [5.41, 5.74) is 0. The van der Waals surface area contributed by atoms with Crippen molar-refractivity contribution in [3.05, 3.63) is 11.2 Å². The molecule has 0 bridgehead atoms. The number of rotatable bonds is 7. The Bertz CT molecular complexity index is 328. The van der Waals surface area contributed by atoms with E-state index in [-0.39, 0.29) is 5.97 Å². The molecule has 113 valence electrons. The second-order valence-corrected chi connectivity index (χ2v) is 12.0. The largest absolute Gasteiger partial charge is 0.469 e. The summed E-state index contributed by atoms with van der Waals surface area (Å²) in [6.45, 7) is 7.25. The van der Waals surface area contributed by atoms with Crippen LogP contribution in [0.4, 0.5) is 0 Å². The summed E-state index contributed by atoms with van der Waals surface area (Å²) in [6.07, 6.45) is 11.8. The molecule has 0 heterocycles. The van der Waals surface area contributed by atoms with Crippen molar-refractivity contribution in [1.29, 1.82) is 0 Å². The minimum atomic E-state index is -1.27. The van der Waals surface area contributed by atoms with Gasteiger partial charge < -0.3 is 4.74 Å². The van der Waals surface area contributed by atoms with E-state index in [0.717, 1.165) is 18.7 Å². The molecule has 4 heteroatoms. The highest BCUT2D eigenvalue weighted by Gasteiger charge is 2.24. The first-order valence-corrected chi connectivity index (χ1v) is 11.6. The van der Waals surface area contributed by atoms with E-state index in [2.05, 4.69) is 37.7 Å². The number of hydrogen-bond donors (Lipinski definition) is 0. The van der Waals surface area contributed by atoms with E-state index in [0.29, 0.717) is 6.42 Å². The van der Waals surface area contributed by atoms with E-state index in [1.165, 1.54) is 39.2 Å². The lowest BCUT2D eigenvalue weighted by molar-refractivity contribution is -0.140. The summed E-state index contributed by atoms with van der Waals surface area (Å²) in [4.78, 5) is 11.1. The van der Waals surface area contributed by atoms with E-state index in [4.69, 9.17) is 0 Å². The van der Waals surface area contributed by atoms with Crippen LogP contribution in [0.1, 0.15) is 51.4 Å². The number of methoxy groups -OCH3 is 1. The zero-order chi connectivity index (χ0) is 15.0. The van der Waals surface area contributed by atoms with Gasteiger partial charge in [-0.05, 0) is 12.8 Å². The summed E-state index contributed by atoms with van der Waals surface area (Å²) >= 11 is 0. The van der Waals surface area contributed by atoms with Crippen LogP contribution in [0.15, 0.2) is 11.2 Å². The third-order valence-electron chi connectivity index (χ3n) is 4.11. The van der Waals surface area contributed by atoms with Crippen LogP contribution in [0.3, 0.4) is 0 Å². The third kappa shape index (κ3) is 6.78.